The highest BCUT2D eigenvalue weighted by Crippen LogP contribution is 2.44. The van der Waals surface area contributed by atoms with E-state index in [9.17, 15) is 4.79 Å². The first-order chi connectivity index (χ1) is 10.2. The summed E-state index contributed by atoms with van der Waals surface area (Å²) in [5.41, 5.74) is 0.639. The first-order valence-electron chi connectivity index (χ1n) is 7.87. The monoisotopic (exact) mass is 351 g/mol. The van der Waals surface area contributed by atoms with Gasteiger partial charge in [0.2, 0.25) is 0 Å². The third-order valence-electron chi connectivity index (χ3n) is 4.70. The molecule has 2 aliphatic rings. The number of fused-ring (bicyclic) bond motifs is 2. The Kier molecular flexibility index (Phi) is 4.48. The van der Waals surface area contributed by atoms with Gasteiger partial charge in [-0.3, -0.25) is 4.79 Å². The summed E-state index contributed by atoms with van der Waals surface area (Å²) in [6.45, 7) is 2.92. The number of carbonyl (C=O) groups is 1. The van der Waals surface area contributed by atoms with Crippen LogP contribution in [-0.4, -0.2) is 23.5 Å². The molecule has 114 valence electrons. The summed E-state index contributed by atoms with van der Waals surface area (Å²) in [5, 5.41) is 6.47. The predicted octanol–water partition coefficient (Wildman–Crippen LogP) is 3.58. The van der Waals surface area contributed by atoms with Crippen LogP contribution in [0.5, 0.6) is 0 Å². The van der Waals surface area contributed by atoms with Crippen LogP contribution >= 0.6 is 15.9 Å². The van der Waals surface area contributed by atoms with Crippen molar-refractivity contribution in [2.24, 2.45) is 11.8 Å². The fourth-order valence-electron chi connectivity index (χ4n) is 3.66. The van der Waals surface area contributed by atoms with E-state index in [1.165, 1.54) is 19.3 Å². The molecule has 3 unspecified atom stereocenters. The number of nitrogens with one attached hydrogen (secondary N) is 2. The van der Waals surface area contributed by atoms with Gasteiger partial charge >= 0.3 is 0 Å². The van der Waals surface area contributed by atoms with Gasteiger partial charge in [-0.25, -0.2) is 4.98 Å². The first kappa shape index (κ1) is 14.8. The summed E-state index contributed by atoms with van der Waals surface area (Å²) in [5.74, 6) is 2.20. The summed E-state index contributed by atoms with van der Waals surface area (Å²) in [6.07, 6.45) is 7.79. The number of nitrogens with zero attached hydrogens (tertiary/aromatic N) is 1. The molecule has 1 aromatic heterocycles. The number of rotatable bonds is 5. The van der Waals surface area contributed by atoms with E-state index in [1.807, 2.05) is 6.07 Å². The van der Waals surface area contributed by atoms with Crippen LogP contribution in [0.1, 0.15) is 49.4 Å². The average Bonchev–Trinajstić information content (AvgIpc) is 3.08. The molecule has 0 aromatic carbocycles. The molecular formula is C16H22BrN3O. The second-order valence-corrected chi connectivity index (χ2v) is 7.15. The Balaban J connectivity index is 1.72. The normalized spacial score (nSPS) is 26.9. The topological polar surface area (TPSA) is 54.0 Å². The number of anilines is 1. The fourth-order valence-corrected chi connectivity index (χ4v) is 4.00. The molecule has 5 heteroatoms. The Hall–Kier alpha value is -1.10. The van der Waals surface area contributed by atoms with Gasteiger partial charge in [-0.2, -0.15) is 0 Å². The Labute approximate surface area is 134 Å². The molecule has 0 spiro atoms. The van der Waals surface area contributed by atoms with Crippen molar-refractivity contribution in [1.82, 2.24) is 10.3 Å². The fraction of sp³-hybridized carbons (Fsp3) is 0.625. The van der Waals surface area contributed by atoms with Gasteiger partial charge in [0, 0.05) is 23.3 Å². The lowest BCUT2D eigenvalue weighted by Gasteiger charge is -2.23. The first-order valence-corrected chi connectivity index (χ1v) is 8.67. The third kappa shape index (κ3) is 3.23. The van der Waals surface area contributed by atoms with Crippen LogP contribution in [0.4, 0.5) is 5.82 Å². The molecule has 2 aliphatic carbocycles. The Morgan fingerprint density at radius 2 is 2.29 bits per heavy atom. The second kappa shape index (κ2) is 6.34. The van der Waals surface area contributed by atoms with E-state index in [2.05, 4.69) is 38.5 Å². The van der Waals surface area contributed by atoms with Gasteiger partial charge in [-0.05, 0) is 59.5 Å². The van der Waals surface area contributed by atoms with E-state index in [0.29, 0.717) is 23.3 Å². The summed E-state index contributed by atoms with van der Waals surface area (Å²) >= 11 is 3.41. The van der Waals surface area contributed by atoms with Crippen LogP contribution in [-0.2, 0) is 0 Å². The quantitative estimate of drug-likeness (QED) is 0.852. The molecule has 4 nitrogen and oxygen atoms in total. The van der Waals surface area contributed by atoms with Crippen LogP contribution in [0.25, 0.3) is 0 Å². The zero-order valence-electron chi connectivity index (χ0n) is 12.4. The highest BCUT2D eigenvalue weighted by Gasteiger charge is 2.40. The molecule has 0 aliphatic heterocycles. The van der Waals surface area contributed by atoms with Crippen LogP contribution in [0.15, 0.2) is 16.7 Å². The maximum Gasteiger partial charge on any atom is 0.255 e. The zero-order chi connectivity index (χ0) is 14.8. The molecule has 2 bridgehead atoms. The average molecular weight is 352 g/mol. The van der Waals surface area contributed by atoms with Gasteiger partial charge in [0.25, 0.3) is 5.91 Å². The zero-order valence-corrected chi connectivity index (χ0v) is 13.9. The van der Waals surface area contributed by atoms with Gasteiger partial charge in [0.05, 0.1) is 5.56 Å². The molecule has 3 atom stereocenters. The minimum Gasteiger partial charge on any atom is -0.369 e. The largest absolute Gasteiger partial charge is 0.369 e. The van der Waals surface area contributed by atoms with E-state index in [0.717, 1.165) is 29.8 Å². The number of hydrogen-bond donors (Lipinski definition) is 2. The van der Waals surface area contributed by atoms with Crippen molar-refractivity contribution in [2.75, 3.05) is 11.9 Å². The lowest BCUT2D eigenvalue weighted by atomic mass is 9.95. The SMILES string of the molecule is CCCNc1ncc(Br)cc1C(=O)NC1CC2CCC1C2. The van der Waals surface area contributed by atoms with Gasteiger partial charge in [-0.15, -0.1) is 0 Å². The Morgan fingerprint density at radius 3 is 2.95 bits per heavy atom. The molecule has 2 saturated carbocycles. The summed E-state index contributed by atoms with van der Waals surface area (Å²) in [4.78, 5) is 16.9. The number of hydrogen-bond acceptors (Lipinski definition) is 3. The predicted molar refractivity (Wildman–Crippen MR) is 87.4 cm³/mol. The van der Waals surface area contributed by atoms with Crippen molar-refractivity contribution in [2.45, 2.75) is 45.1 Å². The maximum atomic E-state index is 12.6. The molecule has 2 N–H and O–H groups in total. The second-order valence-electron chi connectivity index (χ2n) is 6.23. The van der Waals surface area contributed by atoms with Gasteiger partial charge in [0.15, 0.2) is 0 Å². The maximum absolute atomic E-state index is 12.6. The molecule has 3 rings (SSSR count). The van der Waals surface area contributed by atoms with Gasteiger partial charge in [0.1, 0.15) is 5.82 Å². The van der Waals surface area contributed by atoms with E-state index in [-0.39, 0.29) is 5.91 Å². The van der Waals surface area contributed by atoms with E-state index < -0.39 is 0 Å². The number of pyridine rings is 1. The highest BCUT2D eigenvalue weighted by atomic mass is 79.9. The van der Waals surface area contributed by atoms with Crippen molar-refractivity contribution in [3.63, 3.8) is 0 Å². The molecular weight excluding hydrogens is 330 g/mol. The highest BCUT2D eigenvalue weighted by molar-refractivity contribution is 9.10. The minimum absolute atomic E-state index is 0.0000435. The Bertz CT molecular complexity index is 534. The molecule has 1 heterocycles. The summed E-state index contributed by atoms with van der Waals surface area (Å²) in [6, 6.07) is 2.21. The van der Waals surface area contributed by atoms with E-state index in [1.54, 1.807) is 6.20 Å². The number of aromatic nitrogens is 1. The summed E-state index contributed by atoms with van der Waals surface area (Å²) < 4.78 is 0.836. The summed E-state index contributed by atoms with van der Waals surface area (Å²) in [7, 11) is 0. The third-order valence-corrected chi connectivity index (χ3v) is 5.13. The van der Waals surface area contributed by atoms with Crippen molar-refractivity contribution in [3.8, 4) is 0 Å². The van der Waals surface area contributed by atoms with E-state index >= 15 is 0 Å². The van der Waals surface area contributed by atoms with Gasteiger partial charge in [-0.1, -0.05) is 13.3 Å². The van der Waals surface area contributed by atoms with Crippen LogP contribution in [0.3, 0.4) is 0 Å². The molecule has 0 saturated heterocycles. The van der Waals surface area contributed by atoms with Crippen molar-refractivity contribution in [3.05, 3.63) is 22.3 Å². The molecule has 0 radical (unpaired) electrons. The molecule has 21 heavy (non-hydrogen) atoms. The lowest BCUT2D eigenvalue weighted by Crippen LogP contribution is -2.38. The molecule has 2 fully saturated rings. The minimum atomic E-state index is -0.0000435. The Morgan fingerprint density at radius 1 is 1.43 bits per heavy atom. The van der Waals surface area contributed by atoms with Crippen molar-refractivity contribution in [1.29, 1.82) is 0 Å². The molecule has 1 aromatic rings. The van der Waals surface area contributed by atoms with Gasteiger partial charge < -0.3 is 10.6 Å². The lowest BCUT2D eigenvalue weighted by molar-refractivity contribution is 0.0923. The van der Waals surface area contributed by atoms with E-state index in [4.69, 9.17) is 0 Å². The molecule has 1 amide bonds. The van der Waals surface area contributed by atoms with Crippen molar-refractivity contribution < 1.29 is 4.79 Å². The van der Waals surface area contributed by atoms with Crippen LogP contribution < -0.4 is 10.6 Å². The van der Waals surface area contributed by atoms with Crippen molar-refractivity contribution >= 4 is 27.7 Å². The van der Waals surface area contributed by atoms with Crippen LogP contribution in [0, 0.1) is 11.8 Å². The number of amides is 1. The number of carbonyl (C=O) groups excluding carboxylic acids is 1. The standard InChI is InChI=1S/C16H22BrN3O/c1-2-5-18-15-13(8-12(17)9-19-15)16(21)20-14-7-10-3-4-11(14)6-10/h8-11,14H,2-7H2,1H3,(H,18,19)(H,20,21). The smallest absolute Gasteiger partial charge is 0.255 e. The van der Waals surface area contributed by atoms with Crippen LogP contribution in [0.2, 0.25) is 0 Å². The number of halogens is 1.